The van der Waals surface area contributed by atoms with Crippen LogP contribution in [0.15, 0.2) is 35.3 Å². The van der Waals surface area contributed by atoms with Gasteiger partial charge in [-0.15, -0.1) is 0 Å². The summed E-state index contributed by atoms with van der Waals surface area (Å²) in [5, 5.41) is 0. The van der Waals surface area contributed by atoms with Crippen molar-refractivity contribution in [3.8, 4) is 0 Å². The Morgan fingerprint density at radius 1 is 1.43 bits per heavy atom. The summed E-state index contributed by atoms with van der Waals surface area (Å²) >= 11 is 0. The first kappa shape index (κ1) is 10.9. The van der Waals surface area contributed by atoms with Crippen molar-refractivity contribution >= 4 is 20.7 Å². The average Bonchev–Trinajstić information content (AvgIpc) is 2.18. The zero-order valence-corrected chi connectivity index (χ0v) is 9.09. The van der Waals surface area contributed by atoms with Gasteiger partial charge in [0.25, 0.3) is 0 Å². The molecule has 0 N–H and O–H groups in total. The van der Waals surface area contributed by atoms with Crippen LogP contribution in [0.3, 0.4) is 0 Å². The molecule has 0 aromatic heterocycles. The summed E-state index contributed by atoms with van der Waals surface area (Å²) in [6.45, 7) is 1.43. The van der Waals surface area contributed by atoms with Gasteiger partial charge >= 0.3 is 5.97 Å². The lowest BCUT2D eigenvalue weighted by Gasteiger charge is -2.00. The highest BCUT2D eigenvalue weighted by Crippen LogP contribution is 2.06. The lowest BCUT2D eigenvalue weighted by molar-refractivity contribution is -0.140. The molecular weight excluding hydrogens is 197 g/mol. The van der Waals surface area contributed by atoms with E-state index in [1.807, 2.05) is 30.3 Å². The zero-order chi connectivity index (χ0) is 10.4. The van der Waals surface area contributed by atoms with Crippen molar-refractivity contribution in [2.45, 2.75) is 6.92 Å². The number of rotatable bonds is 3. The van der Waals surface area contributed by atoms with E-state index >= 15 is 0 Å². The lowest BCUT2D eigenvalue weighted by atomic mass is 10.2. The van der Waals surface area contributed by atoms with E-state index in [0.717, 1.165) is 11.0 Å². The third-order valence-electron chi connectivity index (χ3n) is 1.57. The Balaban J connectivity index is 2.57. The summed E-state index contributed by atoms with van der Waals surface area (Å²) in [4.78, 5) is 14.5. The number of benzene rings is 1. The van der Waals surface area contributed by atoms with Crippen LogP contribution in [0, 0.1) is 0 Å². The molecule has 1 atom stereocenters. The molecule has 3 nitrogen and oxygen atoms in total. The number of esters is 1. The second-order valence-corrected chi connectivity index (χ2v) is 3.22. The van der Waals surface area contributed by atoms with Crippen LogP contribution in [0.1, 0.15) is 12.5 Å². The normalized spacial score (nSPS) is 11.1. The van der Waals surface area contributed by atoms with E-state index < -0.39 is 0 Å². The number of carbonyl (C=O) groups excluding carboxylic acids is 1. The number of carbonyl (C=O) groups is 1. The Morgan fingerprint density at radius 2 is 2.07 bits per heavy atom. The van der Waals surface area contributed by atoms with Gasteiger partial charge in [0.1, 0.15) is 0 Å². The maximum Gasteiger partial charge on any atom is 0.304 e. The minimum absolute atomic E-state index is 0.0725. The Kier molecular flexibility index (Phi) is 4.27. The molecule has 0 aliphatic rings. The first-order valence-corrected chi connectivity index (χ1v) is 4.76. The molecule has 0 fully saturated rings. The van der Waals surface area contributed by atoms with Gasteiger partial charge in [0, 0.05) is 6.92 Å². The molecule has 0 amide bonds. The lowest BCUT2D eigenvalue weighted by Crippen LogP contribution is -2.00. The van der Waals surface area contributed by atoms with Crippen LogP contribution >= 0.6 is 9.24 Å². The van der Waals surface area contributed by atoms with Crippen LogP contribution in [0.4, 0.5) is 0 Å². The monoisotopic (exact) mass is 209 g/mol. The van der Waals surface area contributed by atoms with Gasteiger partial charge in [0.2, 0.25) is 0 Å². The van der Waals surface area contributed by atoms with Crippen molar-refractivity contribution in [2.24, 2.45) is 4.99 Å². The Hall–Kier alpha value is -1.21. The van der Waals surface area contributed by atoms with Crippen LogP contribution in [0.5, 0.6) is 0 Å². The smallest absolute Gasteiger partial charge is 0.304 e. The Bertz CT molecular complexity index is 335. The summed E-state index contributed by atoms with van der Waals surface area (Å²) in [6, 6.07) is 9.69. The number of nitrogens with zero attached hydrogens (tertiary/aromatic N) is 1. The highest BCUT2D eigenvalue weighted by Gasteiger charge is 1.95. The molecule has 0 saturated carbocycles. The average molecular weight is 209 g/mol. The fourth-order valence-electron chi connectivity index (χ4n) is 0.893. The number of hydrogen-bond donors (Lipinski definition) is 0. The van der Waals surface area contributed by atoms with Crippen molar-refractivity contribution in [1.29, 1.82) is 0 Å². The van der Waals surface area contributed by atoms with E-state index in [4.69, 9.17) is 4.74 Å². The largest absolute Gasteiger partial charge is 0.443 e. The SMILES string of the molecule is CC(=O)OCN=C(P)c1ccccc1. The molecule has 0 aliphatic heterocycles. The number of hydrogen-bond acceptors (Lipinski definition) is 3. The summed E-state index contributed by atoms with van der Waals surface area (Å²) in [5.74, 6) is -0.320. The third-order valence-corrected chi connectivity index (χ3v) is 2.09. The zero-order valence-electron chi connectivity index (χ0n) is 7.93. The highest BCUT2D eigenvalue weighted by atomic mass is 31.0. The molecule has 0 heterocycles. The van der Waals surface area contributed by atoms with Crippen molar-refractivity contribution in [3.63, 3.8) is 0 Å². The van der Waals surface area contributed by atoms with Crippen molar-refractivity contribution in [1.82, 2.24) is 0 Å². The molecule has 4 heteroatoms. The predicted molar refractivity (Wildman–Crippen MR) is 59.3 cm³/mol. The topological polar surface area (TPSA) is 38.7 Å². The molecular formula is C10H12NO2P. The molecule has 74 valence electrons. The van der Waals surface area contributed by atoms with Gasteiger partial charge in [-0.2, -0.15) is 0 Å². The van der Waals surface area contributed by atoms with Gasteiger partial charge in [-0.1, -0.05) is 39.6 Å². The van der Waals surface area contributed by atoms with E-state index in [0.29, 0.717) is 0 Å². The number of aliphatic imine (C=N–C) groups is 1. The maximum atomic E-state index is 10.5. The highest BCUT2D eigenvalue weighted by molar-refractivity contribution is 7.42. The Morgan fingerprint density at radius 3 is 2.64 bits per heavy atom. The molecule has 0 aliphatic carbocycles. The second-order valence-electron chi connectivity index (χ2n) is 2.67. The van der Waals surface area contributed by atoms with Crippen LogP contribution < -0.4 is 0 Å². The van der Waals surface area contributed by atoms with Crippen molar-refractivity contribution in [2.75, 3.05) is 6.73 Å². The number of ether oxygens (including phenoxy) is 1. The summed E-state index contributed by atoms with van der Waals surface area (Å²) in [5.41, 5.74) is 1.79. The summed E-state index contributed by atoms with van der Waals surface area (Å²) in [6.07, 6.45) is 0. The van der Waals surface area contributed by atoms with Crippen molar-refractivity contribution < 1.29 is 9.53 Å². The van der Waals surface area contributed by atoms with Gasteiger partial charge < -0.3 is 4.74 Å². The van der Waals surface area contributed by atoms with Crippen molar-refractivity contribution in [3.05, 3.63) is 35.9 Å². The molecule has 1 unspecified atom stereocenters. The van der Waals surface area contributed by atoms with Gasteiger partial charge in [-0.3, -0.25) is 4.79 Å². The van der Waals surface area contributed by atoms with Crippen LogP contribution in [-0.4, -0.2) is 18.2 Å². The molecule has 0 spiro atoms. The second kappa shape index (κ2) is 5.51. The molecule has 14 heavy (non-hydrogen) atoms. The molecule has 0 radical (unpaired) electrons. The van der Waals surface area contributed by atoms with E-state index in [9.17, 15) is 4.79 Å². The van der Waals surface area contributed by atoms with Gasteiger partial charge in [0.05, 0.1) is 5.45 Å². The fraction of sp³-hybridized carbons (Fsp3) is 0.200. The van der Waals surface area contributed by atoms with Gasteiger partial charge in [0.15, 0.2) is 6.73 Å². The first-order chi connectivity index (χ1) is 6.70. The van der Waals surface area contributed by atoms with E-state index in [2.05, 4.69) is 14.2 Å². The van der Waals surface area contributed by atoms with E-state index in [1.165, 1.54) is 6.92 Å². The maximum absolute atomic E-state index is 10.5. The molecule has 1 aromatic rings. The van der Waals surface area contributed by atoms with Gasteiger partial charge in [-0.05, 0) is 5.56 Å². The Labute approximate surface area is 85.4 Å². The van der Waals surface area contributed by atoms with E-state index in [-0.39, 0.29) is 12.7 Å². The molecule has 1 aromatic carbocycles. The quantitative estimate of drug-likeness (QED) is 0.432. The van der Waals surface area contributed by atoms with Crippen LogP contribution in [0.25, 0.3) is 0 Å². The summed E-state index contributed by atoms with van der Waals surface area (Å²) < 4.78 is 4.69. The minimum Gasteiger partial charge on any atom is -0.443 e. The predicted octanol–water partition coefficient (Wildman–Crippen LogP) is 1.83. The van der Waals surface area contributed by atoms with Crippen LogP contribution in [-0.2, 0) is 9.53 Å². The molecule has 0 bridgehead atoms. The summed E-state index contributed by atoms with van der Waals surface area (Å²) in [7, 11) is 2.51. The van der Waals surface area contributed by atoms with Gasteiger partial charge in [-0.25, -0.2) is 4.99 Å². The van der Waals surface area contributed by atoms with Crippen LogP contribution in [0.2, 0.25) is 0 Å². The molecule has 0 saturated heterocycles. The minimum atomic E-state index is -0.320. The third kappa shape index (κ3) is 3.67. The standard InChI is InChI=1S/C10H12NO2P/c1-8(12)13-7-11-10(14)9-5-3-2-4-6-9/h2-6H,7,14H2,1H3. The van der Waals surface area contributed by atoms with E-state index in [1.54, 1.807) is 0 Å². The fourth-order valence-corrected chi connectivity index (χ4v) is 1.16. The molecule has 1 rings (SSSR count). The first-order valence-electron chi connectivity index (χ1n) is 4.19.